The lowest BCUT2D eigenvalue weighted by Crippen LogP contribution is -2.34. The molecule has 6 nitrogen and oxygen atoms in total. The lowest BCUT2D eigenvalue weighted by molar-refractivity contribution is -0.139. The van der Waals surface area contributed by atoms with Crippen molar-refractivity contribution in [2.75, 3.05) is 13.7 Å². The first-order valence-electron chi connectivity index (χ1n) is 5.35. The minimum atomic E-state index is -3.66. The van der Waals surface area contributed by atoms with Crippen LogP contribution in [0.25, 0.3) is 0 Å². The van der Waals surface area contributed by atoms with Gasteiger partial charge in [-0.05, 0) is 24.3 Å². The molecule has 0 aliphatic rings. The number of benzene rings is 1. The van der Waals surface area contributed by atoms with E-state index in [9.17, 15) is 13.2 Å². The standard InChI is InChI=1S/C11H14BrNO5S/c1-18-9(6-11(14)15)7-13-19(16,17)10-4-2-8(12)3-5-10/h2-5,9,13H,6-7H2,1H3,(H,14,15). The Hall–Kier alpha value is -0.960. The normalized spacial score (nSPS) is 13.2. The summed E-state index contributed by atoms with van der Waals surface area (Å²) in [6, 6.07) is 6.12. The number of sulfonamides is 1. The van der Waals surface area contributed by atoms with Gasteiger partial charge in [0.1, 0.15) is 0 Å². The van der Waals surface area contributed by atoms with Crippen molar-refractivity contribution in [3.63, 3.8) is 0 Å². The van der Waals surface area contributed by atoms with E-state index in [4.69, 9.17) is 9.84 Å². The summed E-state index contributed by atoms with van der Waals surface area (Å²) in [6.45, 7) is -0.0960. The molecule has 1 atom stereocenters. The zero-order chi connectivity index (χ0) is 14.5. The molecule has 19 heavy (non-hydrogen) atoms. The lowest BCUT2D eigenvalue weighted by atomic mass is 10.2. The molecule has 0 heterocycles. The Bertz CT molecular complexity index is 529. The largest absolute Gasteiger partial charge is 0.481 e. The van der Waals surface area contributed by atoms with Gasteiger partial charge in [-0.3, -0.25) is 4.79 Å². The molecule has 0 saturated heterocycles. The fourth-order valence-electron chi connectivity index (χ4n) is 1.33. The molecule has 0 aromatic heterocycles. The predicted octanol–water partition coefficient (Wildman–Crippen LogP) is 1.22. The third-order valence-electron chi connectivity index (χ3n) is 2.36. The topological polar surface area (TPSA) is 92.7 Å². The molecular weight excluding hydrogens is 338 g/mol. The summed E-state index contributed by atoms with van der Waals surface area (Å²) in [6.07, 6.45) is -0.970. The third kappa shape index (κ3) is 5.27. The first-order chi connectivity index (χ1) is 8.85. The molecule has 0 fully saturated rings. The van der Waals surface area contributed by atoms with Crippen molar-refractivity contribution in [3.8, 4) is 0 Å². The smallest absolute Gasteiger partial charge is 0.306 e. The summed E-state index contributed by atoms with van der Waals surface area (Å²) in [7, 11) is -2.33. The Morgan fingerprint density at radius 2 is 2.00 bits per heavy atom. The molecule has 1 aromatic rings. The third-order valence-corrected chi connectivity index (χ3v) is 4.33. The van der Waals surface area contributed by atoms with Gasteiger partial charge in [-0.25, -0.2) is 13.1 Å². The number of aliphatic carboxylic acids is 1. The zero-order valence-electron chi connectivity index (χ0n) is 10.2. The number of halogens is 1. The highest BCUT2D eigenvalue weighted by molar-refractivity contribution is 9.10. The van der Waals surface area contributed by atoms with E-state index < -0.39 is 22.1 Å². The van der Waals surface area contributed by atoms with Crippen LogP contribution in [-0.2, 0) is 19.6 Å². The molecule has 106 valence electrons. The Balaban J connectivity index is 2.69. The van der Waals surface area contributed by atoms with E-state index in [0.29, 0.717) is 0 Å². The minimum absolute atomic E-state index is 0.0960. The molecular formula is C11H14BrNO5S. The van der Waals surface area contributed by atoms with E-state index in [2.05, 4.69) is 20.7 Å². The summed E-state index contributed by atoms with van der Waals surface area (Å²) < 4.78 is 31.8. The lowest BCUT2D eigenvalue weighted by Gasteiger charge is -2.14. The van der Waals surface area contributed by atoms with Crippen LogP contribution in [0.3, 0.4) is 0 Å². The molecule has 1 aromatic carbocycles. The number of rotatable bonds is 7. The van der Waals surface area contributed by atoms with E-state index in [1.54, 1.807) is 12.1 Å². The SMILES string of the molecule is COC(CNS(=O)(=O)c1ccc(Br)cc1)CC(=O)O. The van der Waals surface area contributed by atoms with Crippen LogP contribution in [0, 0.1) is 0 Å². The number of carboxylic acids is 1. The molecule has 0 bridgehead atoms. The van der Waals surface area contributed by atoms with Crippen molar-refractivity contribution in [2.45, 2.75) is 17.4 Å². The van der Waals surface area contributed by atoms with Crippen LogP contribution in [0.4, 0.5) is 0 Å². The predicted molar refractivity (Wildman–Crippen MR) is 72.4 cm³/mol. The van der Waals surface area contributed by atoms with Crippen molar-refractivity contribution >= 4 is 31.9 Å². The van der Waals surface area contributed by atoms with Crippen LogP contribution in [0.5, 0.6) is 0 Å². The van der Waals surface area contributed by atoms with Gasteiger partial charge in [0.25, 0.3) is 0 Å². The monoisotopic (exact) mass is 351 g/mol. The van der Waals surface area contributed by atoms with E-state index in [-0.39, 0.29) is 17.9 Å². The van der Waals surface area contributed by atoms with Crippen LogP contribution < -0.4 is 4.72 Å². The van der Waals surface area contributed by atoms with Crippen molar-refractivity contribution in [3.05, 3.63) is 28.7 Å². The number of nitrogens with one attached hydrogen (secondary N) is 1. The van der Waals surface area contributed by atoms with Crippen molar-refractivity contribution < 1.29 is 23.1 Å². The summed E-state index contributed by atoms with van der Waals surface area (Å²) in [5.41, 5.74) is 0. The Labute approximate surface area is 120 Å². The van der Waals surface area contributed by atoms with Crippen LogP contribution in [0.2, 0.25) is 0 Å². The molecule has 1 rings (SSSR count). The highest BCUT2D eigenvalue weighted by Crippen LogP contribution is 2.14. The van der Waals surface area contributed by atoms with E-state index >= 15 is 0 Å². The minimum Gasteiger partial charge on any atom is -0.481 e. The number of carbonyl (C=O) groups is 1. The second kappa shape index (κ2) is 6.99. The molecule has 0 aliphatic heterocycles. The number of carboxylic acid groups (broad SMARTS) is 1. The average Bonchev–Trinajstić information content (AvgIpc) is 2.34. The van der Waals surface area contributed by atoms with Gasteiger partial charge in [-0.15, -0.1) is 0 Å². The average molecular weight is 352 g/mol. The van der Waals surface area contributed by atoms with Crippen LogP contribution in [0.1, 0.15) is 6.42 Å². The Morgan fingerprint density at radius 3 is 2.47 bits per heavy atom. The van der Waals surface area contributed by atoms with Gasteiger partial charge in [0.05, 0.1) is 17.4 Å². The van der Waals surface area contributed by atoms with Crippen molar-refractivity contribution in [2.24, 2.45) is 0 Å². The maximum atomic E-state index is 11.9. The molecule has 0 radical (unpaired) electrons. The molecule has 0 saturated carbocycles. The van der Waals surface area contributed by atoms with Crippen LogP contribution >= 0.6 is 15.9 Å². The molecule has 0 amide bonds. The molecule has 8 heteroatoms. The molecule has 2 N–H and O–H groups in total. The van der Waals surface area contributed by atoms with E-state index in [0.717, 1.165) is 4.47 Å². The number of hydrogen-bond acceptors (Lipinski definition) is 4. The van der Waals surface area contributed by atoms with Crippen LogP contribution in [0.15, 0.2) is 33.6 Å². The summed E-state index contributed by atoms with van der Waals surface area (Å²) in [5.74, 6) is -1.05. The second-order valence-electron chi connectivity index (χ2n) is 3.76. The van der Waals surface area contributed by atoms with E-state index in [1.807, 2.05) is 0 Å². The van der Waals surface area contributed by atoms with E-state index in [1.165, 1.54) is 19.2 Å². The van der Waals surface area contributed by atoms with Crippen LogP contribution in [-0.4, -0.2) is 39.3 Å². The number of ether oxygens (including phenoxy) is 1. The van der Waals surface area contributed by atoms with Crippen molar-refractivity contribution in [1.29, 1.82) is 0 Å². The maximum absolute atomic E-state index is 11.9. The summed E-state index contributed by atoms with van der Waals surface area (Å²) in [4.78, 5) is 10.7. The fourth-order valence-corrected chi connectivity index (χ4v) is 2.66. The van der Waals surface area contributed by atoms with Gasteiger partial charge >= 0.3 is 5.97 Å². The quantitative estimate of drug-likeness (QED) is 0.770. The van der Waals surface area contributed by atoms with Gasteiger partial charge in [-0.2, -0.15) is 0 Å². The van der Waals surface area contributed by atoms with Gasteiger partial charge in [0.15, 0.2) is 0 Å². The number of hydrogen-bond donors (Lipinski definition) is 2. The van der Waals surface area contributed by atoms with Gasteiger partial charge in [0.2, 0.25) is 10.0 Å². The van der Waals surface area contributed by atoms with Gasteiger partial charge < -0.3 is 9.84 Å². The fraction of sp³-hybridized carbons (Fsp3) is 0.364. The molecule has 0 spiro atoms. The molecule has 1 unspecified atom stereocenters. The summed E-state index contributed by atoms with van der Waals surface area (Å²) in [5, 5.41) is 8.63. The summed E-state index contributed by atoms with van der Waals surface area (Å²) >= 11 is 3.21. The van der Waals surface area contributed by atoms with Gasteiger partial charge in [-0.1, -0.05) is 15.9 Å². The zero-order valence-corrected chi connectivity index (χ0v) is 12.6. The second-order valence-corrected chi connectivity index (χ2v) is 6.44. The maximum Gasteiger partial charge on any atom is 0.306 e. The Morgan fingerprint density at radius 1 is 1.42 bits per heavy atom. The highest BCUT2D eigenvalue weighted by Gasteiger charge is 2.18. The number of methoxy groups -OCH3 is 1. The first kappa shape index (κ1) is 16.1. The Kier molecular flexibility index (Phi) is 5.92. The van der Waals surface area contributed by atoms with Crippen molar-refractivity contribution in [1.82, 2.24) is 4.72 Å². The highest BCUT2D eigenvalue weighted by atomic mass is 79.9. The van der Waals surface area contributed by atoms with Gasteiger partial charge in [0, 0.05) is 18.1 Å². The molecule has 0 aliphatic carbocycles. The first-order valence-corrected chi connectivity index (χ1v) is 7.62.